The first-order valence-electron chi connectivity index (χ1n) is 14.8. The molecule has 0 spiro atoms. The lowest BCUT2D eigenvalue weighted by Gasteiger charge is -2.17. The molecule has 0 saturated heterocycles. The molecule has 1 aromatic heterocycles. The van der Waals surface area contributed by atoms with E-state index in [1.165, 1.54) is 60.0 Å². The zero-order valence-electron chi connectivity index (χ0n) is 23.4. The van der Waals surface area contributed by atoms with Crippen LogP contribution in [0.25, 0.3) is 87.6 Å². The van der Waals surface area contributed by atoms with E-state index in [2.05, 4.69) is 158 Å². The van der Waals surface area contributed by atoms with Gasteiger partial charge in [-0.25, -0.2) is 0 Å². The Balaban J connectivity index is 1.40. The predicted octanol–water partition coefficient (Wildman–Crippen LogP) is 12.0. The van der Waals surface area contributed by atoms with E-state index in [9.17, 15) is 0 Å². The van der Waals surface area contributed by atoms with Gasteiger partial charge < -0.3 is 4.42 Å². The van der Waals surface area contributed by atoms with E-state index in [0.717, 1.165) is 27.7 Å². The number of hydrogen-bond acceptors (Lipinski definition) is 1. The van der Waals surface area contributed by atoms with E-state index in [1.54, 1.807) is 0 Å². The fourth-order valence-electron chi connectivity index (χ4n) is 6.97. The Kier molecular flexibility index (Phi) is 5.27. The summed E-state index contributed by atoms with van der Waals surface area (Å²) >= 11 is 0. The van der Waals surface area contributed by atoms with E-state index in [1.807, 2.05) is 0 Å². The van der Waals surface area contributed by atoms with Crippen LogP contribution in [-0.2, 0) is 0 Å². The summed E-state index contributed by atoms with van der Waals surface area (Å²) in [4.78, 5) is 0. The second kappa shape index (κ2) is 9.44. The number of furan rings is 1. The molecule has 200 valence electrons. The minimum atomic E-state index is 0.904. The topological polar surface area (TPSA) is 13.1 Å². The van der Waals surface area contributed by atoms with Crippen LogP contribution in [0.15, 0.2) is 162 Å². The second-order valence-corrected chi connectivity index (χ2v) is 11.2. The molecule has 0 N–H and O–H groups in total. The Labute approximate surface area is 249 Å². The Morgan fingerprint density at radius 1 is 0.349 bits per heavy atom. The molecule has 43 heavy (non-hydrogen) atoms. The van der Waals surface area contributed by atoms with Crippen LogP contribution >= 0.6 is 0 Å². The van der Waals surface area contributed by atoms with Crippen LogP contribution in [0.1, 0.15) is 0 Å². The number of hydrogen-bond donors (Lipinski definition) is 0. The fraction of sp³-hybridized carbons (Fsp3) is 0. The maximum atomic E-state index is 6.69. The largest absolute Gasteiger partial charge is 0.455 e. The molecule has 0 fully saturated rings. The summed E-state index contributed by atoms with van der Waals surface area (Å²) in [6.45, 7) is 0. The van der Waals surface area contributed by atoms with Crippen molar-refractivity contribution in [2.45, 2.75) is 0 Å². The Morgan fingerprint density at radius 3 is 1.49 bits per heavy atom. The van der Waals surface area contributed by atoms with Crippen molar-refractivity contribution in [1.29, 1.82) is 0 Å². The van der Waals surface area contributed by atoms with Gasteiger partial charge in [0.25, 0.3) is 0 Å². The molecule has 0 aliphatic rings. The lowest BCUT2D eigenvalue weighted by atomic mass is 9.85. The van der Waals surface area contributed by atoms with Gasteiger partial charge in [0.05, 0.1) is 0 Å². The predicted molar refractivity (Wildman–Crippen MR) is 183 cm³/mol. The van der Waals surface area contributed by atoms with Gasteiger partial charge in [-0.1, -0.05) is 140 Å². The summed E-state index contributed by atoms with van der Waals surface area (Å²) < 4.78 is 6.69. The summed E-state index contributed by atoms with van der Waals surface area (Å²) in [6, 6.07) is 56.6. The van der Waals surface area contributed by atoms with Gasteiger partial charge in [0.2, 0.25) is 0 Å². The Morgan fingerprint density at radius 2 is 0.860 bits per heavy atom. The van der Waals surface area contributed by atoms with Gasteiger partial charge in [-0.3, -0.25) is 0 Å². The van der Waals surface area contributed by atoms with Crippen LogP contribution in [0.2, 0.25) is 0 Å². The summed E-state index contributed by atoms with van der Waals surface area (Å²) in [5.41, 5.74) is 9.08. The SMILES string of the molecule is c1ccc(-c2c3ccccc3c(-c3ccc4oc5c(-c6ccccc6)cc6ccccc6c5c4c3)c3ccccc23)cc1. The van der Waals surface area contributed by atoms with Crippen LogP contribution in [0.4, 0.5) is 0 Å². The molecule has 0 unspecified atom stereocenters. The first-order chi connectivity index (χ1) is 21.3. The van der Waals surface area contributed by atoms with Gasteiger partial charge in [-0.05, 0) is 78.3 Å². The lowest BCUT2D eigenvalue weighted by Crippen LogP contribution is -1.90. The normalized spacial score (nSPS) is 11.7. The van der Waals surface area contributed by atoms with E-state index >= 15 is 0 Å². The van der Waals surface area contributed by atoms with Crippen LogP contribution < -0.4 is 0 Å². The van der Waals surface area contributed by atoms with Crippen molar-refractivity contribution >= 4 is 54.3 Å². The van der Waals surface area contributed by atoms with Crippen molar-refractivity contribution in [1.82, 2.24) is 0 Å². The molecule has 0 radical (unpaired) electrons. The highest BCUT2D eigenvalue weighted by Crippen LogP contribution is 2.46. The zero-order valence-corrected chi connectivity index (χ0v) is 23.4. The van der Waals surface area contributed by atoms with Crippen LogP contribution in [0, 0.1) is 0 Å². The lowest BCUT2D eigenvalue weighted by molar-refractivity contribution is 0.670. The van der Waals surface area contributed by atoms with Gasteiger partial charge in [0.1, 0.15) is 11.2 Å². The Bertz CT molecular complexity index is 2430. The summed E-state index contributed by atoms with van der Waals surface area (Å²) in [5.74, 6) is 0. The molecule has 9 rings (SSSR count). The maximum absolute atomic E-state index is 6.69. The van der Waals surface area contributed by atoms with E-state index < -0.39 is 0 Å². The van der Waals surface area contributed by atoms with Crippen molar-refractivity contribution in [3.8, 4) is 33.4 Å². The zero-order chi connectivity index (χ0) is 28.3. The third kappa shape index (κ3) is 3.65. The molecule has 0 aliphatic heterocycles. The molecule has 0 atom stereocenters. The average molecular weight is 547 g/mol. The molecule has 0 bridgehead atoms. The monoisotopic (exact) mass is 546 g/mol. The van der Waals surface area contributed by atoms with Crippen molar-refractivity contribution in [3.05, 3.63) is 158 Å². The summed E-state index contributed by atoms with van der Waals surface area (Å²) in [6.07, 6.45) is 0. The molecule has 0 aliphatic carbocycles. The molecule has 0 saturated carbocycles. The third-order valence-corrected chi connectivity index (χ3v) is 8.83. The standard InChI is InChI=1S/C42H26O/c1-3-13-27(14-4-1)36-25-29-17-7-8-18-31(29)41-37-26-30(23-24-38(37)43-42(36)41)40-34-21-11-9-19-32(34)39(28-15-5-2-6-16-28)33-20-10-12-22-35(33)40/h1-26H. The fourth-order valence-corrected chi connectivity index (χ4v) is 6.97. The van der Waals surface area contributed by atoms with Crippen molar-refractivity contribution in [2.24, 2.45) is 0 Å². The smallest absolute Gasteiger partial charge is 0.143 e. The van der Waals surface area contributed by atoms with Crippen LogP contribution in [0.5, 0.6) is 0 Å². The van der Waals surface area contributed by atoms with Crippen molar-refractivity contribution in [2.75, 3.05) is 0 Å². The highest BCUT2D eigenvalue weighted by molar-refractivity contribution is 6.25. The highest BCUT2D eigenvalue weighted by atomic mass is 16.3. The van der Waals surface area contributed by atoms with Gasteiger partial charge in [0.15, 0.2) is 0 Å². The minimum Gasteiger partial charge on any atom is -0.455 e. The molecule has 8 aromatic carbocycles. The third-order valence-electron chi connectivity index (χ3n) is 8.83. The van der Waals surface area contributed by atoms with Crippen LogP contribution in [0.3, 0.4) is 0 Å². The summed E-state index contributed by atoms with van der Waals surface area (Å²) in [7, 11) is 0. The molecule has 0 amide bonds. The molecule has 1 nitrogen and oxygen atoms in total. The molecular formula is C42H26O. The minimum absolute atomic E-state index is 0.904. The number of benzene rings is 8. The molecule has 9 aromatic rings. The van der Waals surface area contributed by atoms with E-state index in [0.29, 0.717) is 0 Å². The second-order valence-electron chi connectivity index (χ2n) is 11.2. The quantitative estimate of drug-likeness (QED) is 0.201. The van der Waals surface area contributed by atoms with Crippen LogP contribution in [-0.4, -0.2) is 0 Å². The molecule has 1 heteroatoms. The van der Waals surface area contributed by atoms with Gasteiger partial charge in [0, 0.05) is 16.3 Å². The number of fused-ring (bicyclic) bond motifs is 7. The average Bonchev–Trinajstić information content (AvgIpc) is 3.47. The van der Waals surface area contributed by atoms with E-state index in [-0.39, 0.29) is 0 Å². The van der Waals surface area contributed by atoms with Gasteiger partial charge in [-0.15, -0.1) is 0 Å². The summed E-state index contributed by atoms with van der Waals surface area (Å²) in [5, 5.41) is 9.76. The number of rotatable bonds is 3. The van der Waals surface area contributed by atoms with Gasteiger partial charge in [-0.2, -0.15) is 0 Å². The van der Waals surface area contributed by atoms with Gasteiger partial charge >= 0.3 is 0 Å². The maximum Gasteiger partial charge on any atom is 0.143 e. The Hall–Kier alpha value is -5.66. The first kappa shape index (κ1) is 24.0. The van der Waals surface area contributed by atoms with E-state index in [4.69, 9.17) is 4.42 Å². The van der Waals surface area contributed by atoms with Crippen molar-refractivity contribution in [3.63, 3.8) is 0 Å². The highest BCUT2D eigenvalue weighted by Gasteiger charge is 2.20. The molecular weight excluding hydrogens is 520 g/mol. The molecule has 1 heterocycles. The first-order valence-corrected chi connectivity index (χ1v) is 14.8. The van der Waals surface area contributed by atoms with Crippen molar-refractivity contribution < 1.29 is 4.42 Å².